The summed E-state index contributed by atoms with van der Waals surface area (Å²) in [5.74, 6) is -0.428. The van der Waals surface area contributed by atoms with Gasteiger partial charge in [0.15, 0.2) is 0 Å². The maximum Gasteiger partial charge on any atom is 0.362 e. The van der Waals surface area contributed by atoms with Gasteiger partial charge in [-0.3, -0.25) is 14.5 Å². The van der Waals surface area contributed by atoms with Gasteiger partial charge in [-0.25, -0.2) is 4.79 Å². The lowest BCUT2D eigenvalue weighted by Crippen LogP contribution is -2.49. The minimum absolute atomic E-state index is 0.0269. The van der Waals surface area contributed by atoms with Crippen LogP contribution in [0, 0.1) is 11.3 Å². The first-order chi connectivity index (χ1) is 21.4. The zero-order chi connectivity index (χ0) is 32.6. The van der Waals surface area contributed by atoms with Gasteiger partial charge in [0, 0.05) is 36.0 Å². The van der Waals surface area contributed by atoms with Gasteiger partial charge >= 0.3 is 11.4 Å². The molecule has 1 atom stereocenters. The third-order valence-electron chi connectivity index (χ3n) is 7.69. The number of benzene rings is 2. The molecule has 9 nitrogen and oxygen atoms in total. The number of ether oxygens (including phenoxy) is 1. The van der Waals surface area contributed by atoms with Crippen molar-refractivity contribution in [3.63, 3.8) is 0 Å². The quantitative estimate of drug-likeness (QED) is 0.246. The fraction of sp³-hybridized carbons (Fsp3) is 0.333. The molecule has 5 rings (SSSR count). The van der Waals surface area contributed by atoms with Gasteiger partial charge in [0.2, 0.25) is 0 Å². The van der Waals surface area contributed by atoms with Gasteiger partial charge < -0.3 is 19.5 Å². The van der Waals surface area contributed by atoms with Crippen molar-refractivity contribution in [1.29, 1.82) is 5.26 Å². The number of aromatic amines is 1. The molecule has 0 saturated carbocycles. The van der Waals surface area contributed by atoms with Crippen LogP contribution in [0.1, 0.15) is 53.0 Å². The summed E-state index contributed by atoms with van der Waals surface area (Å²) < 4.78 is 34.0. The van der Waals surface area contributed by atoms with Crippen LogP contribution in [0.2, 0.25) is 10.0 Å². The third kappa shape index (κ3) is 6.31. The Morgan fingerprint density at radius 1 is 1.20 bits per heavy atom. The number of H-pyrrole nitrogens is 1. The number of rotatable bonds is 8. The van der Waals surface area contributed by atoms with Crippen LogP contribution in [0.25, 0.3) is 0 Å². The molecule has 1 saturated heterocycles. The van der Waals surface area contributed by atoms with E-state index in [1.165, 1.54) is 24.1 Å². The highest BCUT2D eigenvalue weighted by Gasteiger charge is 2.39. The summed E-state index contributed by atoms with van der Waals surface area (Å²) in [4.78, 5) is 47.6. The molecule has 0 bridgehead atoms. The zero-order valence-electron chi connectivity index (χ0n) is 24.0. The van der Waals surface area contributed by atoms with Gasteiger partial charge in [-0.05, 0) is 66.4 Å². The topological polar surface area (TPSA) is 110 Å². The Kier molecular flexibility index (Phi) is 9.56. The molecular weight excluding hydrogens is 671 g/mol. The smallest absolute Gasteiger partial charge is 0.362 e. The number of nitrogens with zero attached hydrogens (tertiary/aromatic N) is 4. The highest BCUT2D eigenvalue weighted by atomic mass is 35.5. The number of aromatic nitrogens is 1. The number of halogens is 5. The second-order valence-corrected chi connectivity index (χ2v) is 12.6. The Morgan fingerprint density at radius 3 is 2.53 bits per heavy atom. The average Bonchev–Trinajstić information content (AvgIpc) is 3.35. The van der Waals surface area contributed by atoms with Gasteiger partial charge in [0.05, 0.1) is 41.4 Å². The van der Waals surface area contributed by atoms with Crippen molar-refractivity contribution < 1.29 is 23.1 Å². The van der Waals surface area contributed by atoms with Crippen molar-refractivity contribution in [3.8, 4) is 11.8 Å². The minimum Gasteiger partial charge on any atom is -0.495 e. The van der Waals surface area contributed by atoms with Crippen LogP contribution >= 0.6 is 46.6 Å². The minimum atomic E-state index is -3.94. The predicted molar refractivity (Wildman–Crippen MR) is 168 cm³/mol. The second kappa shape index (κ2) is 13.1. The van der Waals surface area contributed by atoms with Crippen LogP contribution in [0.3, 0.4) is 0 Å². The number of pyridine rings is 1. The van der Waals surface area contributed by atoms with Crippen molar-refractivity contribution in [2.45, 2.75) is 47.5 Å². The number of nitriles is 1. The van der Waals surface area contributed by atoms with E-state index in [1.54, 1.807) is 28.0 Å². The molecule has 2 aromatic carbocycles. The standard InChI is InChI=1S/C30H26Cl3F2N5O4S/c1-3-38-10-5-11-39(29(38)43)21-12-16-15-40(20(8-9-36)17(16)13-22(21)44-2)28(42)25-23(14-24(30(33,34)35)37-27(25)41)45-26-18(31)6-4-7-19(26)32/h4,6-7,12-14,20H,3,5,8,10-11,15H2,1-2H3,(H,37,41)/t20-/m1/s1. The maximum absolute atomic E-state index is 14.2. The summed E-state index contributed by atoms with van der Waals surface area (Å²) in [5.41, 5.74) is -0.715. The van der Waals surface area contributed by atoms with Crippen LogP contribution in [-0.4, -0.2) is 53.5 Å². The molecule has 0 spiro atoms. The van der Waals surface area contributed by atoms with E-state index < -0.39 is 34.1 Å². The molecule has 0 unspecified atom stereocenters. The Balaban J connectivity index is 1.60. The highest BCUT2D eigenvalue weighted by Crippen LogP contribution is 2.45. The predicted octanol–water partition coefficient (Wildman–Crippen LogP) is 7.39. The number of anilines is 1. The Labute approximate surface area is 276 Å². The largest absolute Gasteiger partial charge is 0.495 e. The summed E-state index contributed by atoms with van der Waals surface area (Å²) >= 11 is 18.7. The SMILES string of the molecule is CCN1CCCN(c2cc3c(cc2OC)[C@@H](CC#N)N(C(=O)c2c(Sc4c(Cl)cccc4Cl)cc(C(F)(F)Cl)[nH]c2=O)C3)C1=O. The number of nitrogens with one attached hydrogen (secondary N) is 1. The summed E-state index contributed by atoms with van der Waals surface area (Å²) in [6.07, 6.45) is 0.611. The molecule has 45 heavy (non-hydrogen) atoms. The Hall–Kier alpha value is -3.50. The number of methoxy groups -OCH3 is 1. The van der Waals surface area contributed by atoms with E-state index in [1.807, 2.05) is 11.9 Å². The number of urea groups is 1. The summed E-state index contributed by atoms with van der Waals surface area (Å²) in [6, 6.07) is 10.1. The molecule has 236 valence electrons. The number of carbonyl (C=O) groups excluding carboxylic acids is 2. The van der Waals surface area contributed by atoms with Crippen molar-refractivity contribution in [3.05, 3.63) is 79.2 Å². The summed E-state index contributed by atoms with van der Waals surface area (Å²) in [5, 5.41) is 6.12. The first-order valence-corrected chi connectivity index (χ1v) is 15.8. The first-order valence-electron chi connectivity index (χ1n) is 13.8. The number of hydrogen-bond acceptors (Lipinski definition) is 6. The molecule has 2 aliphatic rings. The van der Waals surface area contributed by atoms with Crippen molar-refractivity contribution >= 4 is 64.2 Å². The lowest BCUT2D eigenvalue weighted by Gasteiger charge is -2.35. The van der Waals surface area contributed by atoms with E-state index >= 15 is 0 Å². The van der Waals surface area contributed by atoms with Crippen LogP contribution in [0.4, 0.5) is 19.3 Å². The second-order valence-electron chi connectivity index (χ2n) is 10.3. The van der Waals surface area contributed by atoms with Gasteiger partial charge in [-0.2, -0.15) is 14.0 Å². The molecule has 1 N–H and O–H groups in total. The fourth-order valence-corrected chi connectivity index (χ4v) is 7.27. The monoisotopic (exact) mass is 695 g/mol. The molecule has 3 heterocycles. The average molecular weight is 697 g/mol. The van der Waals surface area contributed by atoms with Crippen molar-refractivity contribution in [1.82, 2.24) is 14.8 Å². The van der Waals surface area contributed by atoms with Gasteiger partial charge in [0.1, 0.15) is 17.0 Å². The lowest BCUT2D eigenvalue weighted by atomic mass is 10.0. The van der Waals surface area contributed by atoms with Crippen molar-refractivity contribution in [2.24, 2.45) is 0 Å². The summed E-state index contributed by atoms with van der Waals surface area (Å²) in [6.45, 7) is 3.51. The lowest BCUT2D eigenvalue weighted by molar-refractivity contribution is 0.0684. The van der Waals surface area contributed by atoms with Gasteiger partial charge in [0.25, 0.3) is 11.5 Å². The van der Waals surface area contributed by atoms with E-state index in [9.17, 15) is 28.4 Å². The van der Waals surface area contributed by atoms with Gasteiger partial charge in [-0.15, -0.1) is 0 Å². The molecule has 1 aromatic heterocycles. The zero-order valence-corrected chi connectivity index (χ0v) is 27.1. The molecular formula is C30H26Cl3F2N5O4S. The Bertz CT molecular complexity index is 1760. The number of amides is 3. The third-order valence-corrected chi connectivity index (χ3v) is 9.94. The number of carbonyl (C=O) groups is 2. The highest BCUT2D eigenvalue weighted by molar-refractivity contribution is 7.99. The van der Waals surface area contributed by atoms with Gasteiger partial charge in [-0.1, -0.05) is 41.0 Å². The molecule has 3 amide bonds. The number of fused-ring (bicyclic) bond motifs is 1. The molecule has 0 aliphatic carbocycles. The van der Waals surface area contributed by atoms with Crippen molar-refractivity contribution in [2.75, 3.05) is 31.6 Å². The van der Waals surface area contributed by atoms with Crippen LogP contribution in [-0.2, 0) is 11.9 Å². The molecule has 2 aliphatic heterocycles. The Morgan fingerprint density at radius 2 is 1.91 bits per heavy atom. The normalized spacial score (nSPS) is 16.5. The maximum atomic E-state index is 14.2. The van der Waals surface area contributed by atoms with Crippen LogP contribution in [0.15, 0.2) is 51.0 Å². The number of hydrogen-bond donors (Lipinski definition) is 1. The molecule has 1 fully saturated rings. The van der Waals surface area contributed by atoms with E-state index in [0.717, 1.165) is 24.2 Å². The number of alkyl halides is 3. The van der Waals surface area contributed by atoms with E-state index in [4.69, 9.17) is 39.5 Å². The molecule has 0 radical (unpaired) electrons. The first kappa shape index (κ1) is 32.9. The molecule has 15 heteroatoms. The fourth-order valence-electron chi connectivity index (χ4n) is 5.53. The van der Waals surface area contributed by atoms with Crippen LogP contribution in [0.5, 0.6) is 5.75 Å². The summed E-state index contributed by atoms with van der Waals surface area (Å²) in [7, 11) is 1.46. The van der Waals surface area contributed by atoms with E-state index in [0.29, 0.717) is 42.2 Å². The van der Waals surface area contributed by atoms with E-state index in [2.05, 4.69) is 6.07 Å². The molecule has 3 aromatic rings. The van der Waals surface area contributed by atoms with Crippen LogP contribution < -0.4 is 15.2 Å². The van der Waals surface area contributed by atoms with E-state index in [-0.39, 0.29) is 38.8 Å².